The number of rotatable bonds is 2. The number of aliphatic carboxylic acids is 1. The van der Waals surface area contributed by atoms with Gasteiger partial charge < -0.3 is 10.0 Å². The Bertz CT molecular complexity index is 574. The number of carbonyl (C=O) groups excluding carboxylic acids is 2. The first kappa shape index (κ1) is 12.3. The van der Waals surface area contributed by atoms with Crippen LogP contribution in [0.25, 0.3) is 0 Å². The number of carboxylic acid groups (broad SMARTS) is 1. The maximum absolute atomic E-state index is 12.0. The Morgan fingerprint density at radius 3 is 2.44 bits per heavy atom. The number of hydrogen-bond acceptors (Lipinski definition) is 3. The van der Waals surface area contributed by atoms with Crippen LogP contribution in [0.1, 0.15) is 29.8 Å². The second kappa shape index (κ2) is 3.66. The first-order chi connectivity index (χ1) is 8.26. The van der Waals surface area contributed by atoms with Crippen LogP contribution in [0.15, 0.2) is 18.2 Å². The van der Waals surface area contributed by atoms with Crippen molar-refractivity contribution >= 4 is 23.3 Å². The zero-order chi connectivity index (χ0) is 13.7. The fourth-order valence-corrected chi connectivity index (χ4v) is 2.24. The maximum Gasteiger partial charge on any atom is 0.377 e. The molecule has 0 unspecified atom stereocenters. The first-order valence-electron chi connectivity index (χ1n) is 5.47. The van der Waals surface area contributed by atoms with E-state index in [2.05, 4.69) is 0 Å². The largest absolute Gasteiger partial charge is 0.475 e. The fraction of sp³-hybridized carbons (Fsp3) is 0.308. The van der Waals surface area contributed by atoms with Gasteiger partial charge in [0.25, 0.3) is 5.78 Å². The molecule has 2 rings (SSSR count). The minimum atomic E-state index is -1.49. The number of ketones is 1. The van der Waals surface area contributed by atoms with Crippen LogP contribution in [-0.4, -0.2) is 29.8 Å². The summed E-state index contributed by atoms with van der Waals surface area (Å²) in [5.41, 5.74) is 0.755. The molecule has 1 aliphatic rings. The second-order valence-electron chi connectivity index (χ2n) is 4.86. The SMILES string of the molecule is CN1C(=O)C(C)(C)c2cc(C(=O)C(=O)O)ccc21. The van der Waals surface area contributed by atoms with Crippen LogP contribution in [0.2, 0.25) is 0 Å². The van der Waals surface area contributed by atoms with Crippen molar-refractivity contribution in [2.24, 2.45) is 0 Å². The highest BCUT2D eigenvalue weighted by atomic mass is 16.4. The van der Waals surface area contributed by atoms with E-state index in [0.717, 1.165) is 0 Å². The Kier molecular flexibility index (Phi) is 2.50. The summed E-state index contributed by atoms with van der Waals surface area (Å²) in [5, 5.41) is 8.69. The van der Waals surface area contributed by atoms with Crippen LogP contribution >= 0.6 is 0 Å². The molecule has 0 fully saturated rings. The molecule has 5 heteroatoms. The van der Waals surface area contributed by atoms with Gasteiger partial charge in [0.15, 0.2) is 0 Å². The van der Waals surface area contributed by atoms with Crippen LogP contribution in [0.4, 0.5) is 5.69 Å². The minimum Gasteiger partial charge on any atom is -0.475 e. The maximum atomic E-state index is 12.0. The molecule has 1 aromatic carbocycles. The van der Waals surface area contributed by atoms with Crippen LogP contribution < -0.4 is 4.90 Å². The van der Waals surface area contributed by atoms with Gasteiger partial charge in [-0.05, 0) is 37.6 Å². The number of hydrogen-bond donors (Lipinski definition) is 1. The summed E-state index contributed by atoms with van der Waals surface area (Å²) in [7, 11) is 1.66. The van der Waals surface area contributed by atoms with Crippen LogP contribution in [0, 0.1) is 0 Å². The van der Waals surface area contributed by atoms with E-state index in [4.69, 9.17) is 5.11 Å². The van der Waals surface area contributed by atoms with Crippen molar-refractivity contribution < 1.29 is 19.5 Å². The summed E-state index contributed by atoms with van der Waals surface area (Å²) >= 11 is 0. The zero-order valence-electron chi connectivity index (χ0n) is 10.4. The van der Waals surface area contributed by atoms with Crippen molar-refractivity contribution in [1.82, 2.24) is 0 Å². The highest BCUT2D eigenvalue weighted by Crippen LogP contribution is 2.41. The third-order valence-corrected chi connectivity index (χ3v) is 3.33. The Morgan fingerprint density at radius 2 is 1.89 bits per heavy atom. The lowest BCUT2D eigenvalue weighted by molar-refractivity contribution is -0.131. The van der Waals surface area contributed by atoms with Gasteiger partial charge in [0, 0.05) is 18.3 Å². The first-order valence-corrected chi connectivity index (χ1v) is 5.47. The molecule has 1 N–H and O–H groups in total. The van der Waals surface area contributed by atoms with Crippen molar-refractivity contribution in [1.29, 1.82) is 0 Å². The molecule has 0 aliphatic carbocycles. The molecule has 1 aliphatic heterocycles. The number of amides is 1. The van der Waals surface area contributed by atoms with Crippen LogP contribution in [-0.2, 0) is 15.0 Å². The van der Waals surface area contributed by atoms with E-state index in [9.17, 15) is 14.4 Å². The molecule has 5 nitrogen and oxygen atoms in total. The van der Waals surface area contributed by atoms with Gasteiger partial charge in [-0.1, -0.05) is 0 Å². The number of anilines is 1. The minimum absolute atomic E-state index is 0.0718. The van der Waals surface area contributed by atoms with Crippen molar-refractivity contribution in [2.75, 3.05) is 11.9 Å². The van der Waals surface area contributed by atoms with Crippen LogP contribution in [0.3, 0.4) is 0 Å². The van der Waals surface area contributed by atoms with E-state index in [-0.39, 0.29) is 11.5 Å². The Hall–Kier alpha value is -2.17. The molecule has 18 heavy (non-hydrogen) atoms. The van der Waals surface area contributed by atoms with E-state index >= 15 is 0 Å². The van der Waals surface area contributed by atoms with E-state index in [1.165, 1.54) is 17.0 Å². The summed E-state index contributed by atoms with van der Waals surface area (Å²) in [4.78, 5) is 35.6. The molecule has 0 spiro atoms. The third-order valence-electron chi connectivity index (χ3n) is 3.33. The van der Waals surface area contributed by atoms with Gasteiger partial charge in [0.1, 0.15) is 0 Å². The second-order valence-corrected chi connectivity index (χ2v) is 4.86. The third kappa shape index (κ3) is 1.51. The van der Waals surface area contributed by atoms with Gasteiger partial charge in [-0.25, -0.2) is 4.79 Å². The molecular weight excluding hydrogens is 234 g/mol. The van der Waals surface area contributed by atoms with Gasteiger partial charge in [-0.15, -0.1) is 0 Å². The van der Waals surface area contributed by atoms with Crippen molar-refractivity contribution in [2.45, 2.75) is 19.3 Å². The summed E-state index contributed by atoms with van der Waals surface area (Å²) < 4.78 is 0. The number of Topliss-reactive ketones (excluding diaryl/α,β-unsaturated/α-hetero) is 1. The van der Waals surface area contributed by atoms with E-state index in [1.807, 2.05) is 0 Å². The van der Waals surface area contributed by atoms with Crippen LogP contribution in [0.5, 0.6) is 0 Å². The lowest BCUT2D eigenvalue weighted by Crippen LogP contribution is -2.33. The molecule has 1 aromatic rings. The molecule has 1 heterocycles. The molecule has 94 valence electrons. The average Bonchev–Trinajstić information content (AvgIpc) is 2.50. The Balaban J connectivity index is 2.59. The normalized spacial score (nSPS) is 16.6. The quantitative estimate of drug-likeness (QED) is 0.629. The van der Waals surface area contributed by atoms with E-state index in [0.29, 0.717) is 11.3 Å². The average molecular weight is 247 g/mol. The highest BCUT2D eigenvalue weighted by molar-refractivity contribution is 6.40. The van der Waals surface area contributed by atoms with Gasteiger partial charge in [0.2, 0.25) is 5.91 Å². The van der Waals surface area contributed by atoms with Gasteiger partial charge in [-0.3, -0.25) is 9.59 Å². The number of fused-ring (bicyclic) bond motifs is 1. The summed E-state index contributed by atoms with van der Waals surface area (Å²) in [6.07, 6.45) is 0. The smallest absolute Gasteiger partial charge is 0.377 e. The number of carboxylic acids is 1. The molecule has 0 atom stereocenters. The van der Waals surface area contributed by atoms with Gasteiger partial charge >= 0.3 is 5.97 Å². The predicted molar refractivity (Wildman–Crippen MR) is 64.8 cm³/mol. The molecule has 1 amide bonds. The molecule has 0 aromatic heterocycles. The lowest BCUT2D eigenvalue weighted by atomic mass is 9.85. The number of benzene rings is 1. The van der Waals surface area contributed by atoms with Crippen molar-refractivity contribution in [3.05, 3.63) is 29.3 Å². The molecule has 0 bridgehead atoms. The number of carbonyl (C=O) groups is 3. The van der Waals surface area contributed by atoms with Crippen molar-refractivity contribution in [3.8, 4) is 0 Å². The monoisotopic (exact) mass is 247 g/mol. The Labute approximate surface area is 104 Å². The molecule has 0 saturated carbocycles. The molecule has 0 radical (unpaired) electrons. The zero-order valence-corrected chi connectivity index (χ0v) is 10.4. The topological polar surface area (TPSA) is 74.7 Å². The van der Waals surface area contributed by atoms with Crippen molar-refractivity contribution in [3.63, 3.8) is 0 Å². The van der Waals surface area contributed by atoms with Gasteiger partial charge in [0.05, 0.1) is 5.41 Å². The number of likely N-dealkylation sites (N-methyl/N-ethyl adjacent to an activating group) is 1. The van der Waals surface area contributed by atoms with E-state index < -0.39 is 17.2 Å². The summed E-state index contributed by atoms with van der Waals surface area (Å²) in [6.45, 7) is 3.51. The van der Waals surface area contributed by atoms with E-state index in [1.54, 1.807) is 27.0 Å². The Morgan fingerprint density at radius 1 is 1.28 bits per heavy atom. The molecular formula is C13H13NO4. The summed E-state index contributed by atoms with van der Waals surface area (Å²) in [6, 6.07) is 4.53. The highest BCUT2D eigenvalue weighted by Gasteiger charge is 2.42. The van der Waals surface area contributed by atoms with Gasteiger partial charge in [-0.2, -0.15) is 0 Å². The summed E-state index contributed by atoms with van der Waals surface area (Å²) in [5.74, 6) is -2.53. The number of nitrogens with zero attached hydrogens (tertiary/aromatic N) is 1. The lowest BCUT2D eigenvalue weighted by Gasteiger charge is -2.16. The fourth-order valence-electron chi connectivity index (χ4n) is 2.24. The molecule has 0 saturated heterocycles. The predicted octanol–water partition coefficient (Wildman–Crippen LogP) is 1.21. The standard InChI is InChI=1S/C13H13NO4/c1-13(2)8-6-7(10(15)11(16)17)4-5-9(8)14(3)12(13)18/h4-6H,1-3H3,(H,16,17).